The van der Waals surface area contributed by atoms with Crippen molar-refractivity contribution in [3.05, 3.63) is 12.0 Å². The molecule has 0 aromatic carbocycles. The lowest BCUT2D eigenvalue weighted by Gasteiger charge is -2.36. The van der Waals surface area contributed by atoms with Crippen LogP contribution in [-0.2, 0) is 14.8 Å². The Morgan fingerprint density at radius 3 is 2.68 bits per heavy atom. The van der Waals surface area contributed by atoms with Gasteiger partial charge in [0.2, 0.25) is 15.9 Å². The molecule has 1 saturated heterocycles. The summed E-state index contributed by atoms with van der Waals surface area (Å²) in [4.78, 5) is 14.0. The van der Waals surface area contributed by atoms with Crippen LogP contribution in [-0.4, -0.2) is 72.9 Å². The number of nitrogens with one attached hydrogen (secondary N) is 2. The maximum Gasteiger partial charge on any atom is 0.236 e. The third kappa shape index (κ3) is 6.08. The van der Waals surface area contributed by atoms with Crippen molar-refractivity contribution in [2.24, 2.45) is 0 Å². The second-order valence-corrected chi connectivity index (χ2v) is 9.35. The molecule has 1 saturated carbocycles. The number of carbonyl (C=O) groups is 1. The summed E-state index contributed by atoms with van der Waals surface area (Å²) in [6.07, 6.45) is 1.64. The maximum absolute atomic E-state index is 12.4. The number of nitrogens with zero attached hydrogens (tertiary/aromatic N) is 1. The Hall–Kier alpha value is -0.380. The van der Waals surface area contributed by atoms with Gasteiger partial charge < -0.3 is 15.3 Å². The zero-order valence-electron chi connectivity index (χ0n) is 13.9. The van der Waals surface area contributed by atoms with Gasteiger partial charge in [-0.15, -0.1) is 23.2 Å². The highest BCUT2D eigenvalue weighted by Crippen LogP contribution is 2.28. The Kier molecular flexibility index (Phi) is 7.54. The maximum atomic E-state index is 12.4. The summed E-state index contributed by atoms with van der Waals surface area (Å²) in [6.45, 7) is 4.24. The average Bonchev–Trinajstić information content (AvgIpc) is 2.56. The zero-order chi connectivity index (χ0) is 18.6. The predicted octanol–water partition coefficient (Wildman–Crippen LogP) is 0.368. The average molecular weight is 414 g/mol. The molecule has 0 aromatic heterocycles. The summed E-state index contributed by atoms with van der Waals surface area (Å²) >= 11 is 12.2. The molecule has 2 rings (SSSR count). The van der Waals surface area contributed by atoms with Gasteiger partial charge in [0, 0.05) is 30.6 Å². The molecule has 2 fully saturated rings. The second kappa shape index (κ2) is 9.01. The van der Waals surface area contributed by atoms with Crippen LogP contribution >= 0.6 is 23.2 Å². The first-order valence-corrected chi connectivity index (χ1v) is 10.8. The zero-order valence-corrected chi connectivity index (χ0v) is 16.2. The molecule has 0 radical (unpaired) electrons. The molecule has 5 atom stereocenters. The van der Waals surface area contributed by atoms with Gasteiger partial charge in [0.05, 0.1) is 23.4 Å². The molecule has 0 spiro atoms. The van der Waals surface area contributed by atoms with Crippen molar-refractivity contribution in [1.29, 1.82) is 0 Å². The van der Waals surface area contributed by atoms with E-state index in [1.165, 1.54) is 0 Å². The molecule has 1 aliphatic carbocycles. The Bertz CT molecular complexity index is 589. The molecule has 144 valence electrons. The van der Waals surface area contributed by atoms with Crippen LogP contribution in [0, 0.1) is 0 Å². The topological polar surface area (TPSA) is 98.7 Å². The van der Waals surface area contributed by atoms with Gasteiger partial charge in [-0.3, -0.25) is 4.79 Å². The summed E-state index contributed by atoms with van der Waals surface area (Å²) in [5.41, 5.74) is 0. The van der Waals surface area contributed by atoms with Crippen molar-refractivity contribution >= 4 is 39.1 Å². The van der Waals surface area contributed by atoms with Crippen molar-refractivity contribution in [2.45, 2.75) is 54.6 Å². The molecule has 4 unspecified atom stereocenters. The van der Waals surface area contributed by atoms with Crippen LogP contribution in [0.15, 0.2) is 12.0 Å². The molecule has 10 heteroatoms. The smallest absolute Gasteiger partial charge is 0.236 e. The molecule has 1 heterocycles. The van der Waals surface area contributed by atoms with E-state index in [4.69, 9.17) is 23.2 Å². The molecule has 1 amide bonds. The first-order chi connectivity index (χ1) is 11.7. The molecular formula is C15H25Cl2N3O4S. The molecule has 0 aromatic rings. The van der Waals surface area contributed by atoms with Crippen molar-refractivity contribution in [1.82, 2.24) is 14.9 Å². The highest BCUT2D eigenvalue weighted by atomic mass is 35.5. The lowest BCUT2D eigenvalue weighted by atomic mass is 9.91. The number of rotatable bonds is 6. The van der Waals surface area contributed by atoms with E-state index in [9.17, 15) is 18.3 Å². The first kappa shape index (κ1) is 20.9. The van der Waals surface area contributed by atoms with E-state index in [0.29, 0.717) is 32.4 Å². The van der Waals surface area contributed by atoms with Crippen LogP contribution in [0.25, 0.3) is 0 Å². The number of sulfonamides is 1. The minimum atomic E-state index is -3.52. The molecule has 0 bridgehead atoms. The molecule has 1 aliphatic heterocycles. The first-order valence-electron chi connectivity index (χ1n) is 8.34. The fourth-order valence-electron chi connectivity index (χ4n) is 3.22. The number of likely N-dealkylation sites (tertiary alicyclic amines) is 1. The number of amides is 1. The Morgan fingerprint density at radius 2 is 2.00 bits per heavy atom. The van der Waals surface area contributed by atoms with Crippen LogP contribution < -0.4 is 10.0 Å². The number of piperidine rings is 1. The Labute approximate surface area is 158 Å². The van der Waals surface area contributed by atoms with Crippen molar-refractivity contribution in [3.8, 4) is 0 Å². The van der Waals surface area contributed by atoms with Crippen molar-refractivity contribution in [3.63, 3.8) is 0 Å². The van der Waals surface area contributed by atoms with Crippen LogP contribution in [0.4, 0.5) is 0 Å². The summed E-state index contributed by atoms with van der Waals surface area (Å²) in [5.74, 6) is -0.131. The van der Waals surface area contributed by atoms with E-state index in [-0.39, 0.29) is 35.3 Å². The van der Waals surface area contributed by atoms with E-state index in [1.807, 2.05) is 0 Å². The number of carbonyl (C=O) groups excluding carboxylic acids is 1. The number of hydrogen-bond acceptors (Lipinski definition) is 5. The van der Waals surface area contributed by atoms with Gasteiger partial charge in [0.1, 0.15) is 0 Å². The van der Waals surface area contributed by atoms with Crippen molar-refractivity contribution < 1.29 is 18.3 Å². The summed E-state index contributed by atoms with van der Waals surface area (Å²) in [7, 11) is -3.52. The van der Waals surface area contributed by atoms with E-state index in [2.05, 4.69) is 16.6 Å². The minimum Gasteiger partial charge on any atom is -0.391 e. The van der Waals surface area contributed by atoms with Gasteiger partial charge in [-0.05, 0) is 25.7 Å². The number of halogens is 2. The molecule has 25 heavy (non-hydrogen) atoms. The summed E-state index contributed by atoms with van der Waals surface area (Å²) < 4.78 is 25.7. The van der Waals surface area contributed by atoms with Gasteiger partial charge in [0.15, 0.2) is 0 Å². The summed E-state index contributed by atoms with van der Waals surface area (Å²) in [6, 6.07) is -0.591. The van der Waals surface area contributed by atoms with Crippen LogP contribution in [0.3, 0.4) is 0 Å². The van der Waals surface area contributed by atoms with Crippen molar-refractivity contribution in [2.75, 3.05) is 19.6 Å². The highest BCUT2D eigenvalue weighted by Gasteiger charge is 2.35. The molecule has 3 N–H and O–H groups in total. The lowest BCUT2D eigenvalue weighted by molar-refractivity contribution is -0.131. The summed E-state index contributed by atoms with van der Waals surface area (Å²) in [5, 5.41) is 13.5. The number of alkyl halides is 2. The molecular weight excluding hydrogens is 389 g/mol. The van der Waals surface area contributed by atoms with Gasteiger partial charge in [-0.2, -0.15) is 0 Å². The SMILES string of the molecule is C=CS(=O)(=O)N[C@H]1CCCN(C(=O)CNC2CC(Cl)C(Cl)CC2O)C1. The van der Waals surface area contributed by atoms with E-state index >= 15 is 0 Å². The fourth-order valence-corrected chi connectivity index (χ4v) is 4.55. The fraction of sp³-hybridized carbons (Fsp3) is 0.800. The third-order valence-corrected chi connectivity index (χ3v) is 6.84. The van der Waals surface area contributed by atoms with Gasteiger partial charge in [-0.25, -0.2) is 13.1 Å². The monoisotopic (exact) mass is 413 g/mol. The van der Waals surface area contributed by atoms with Gasteiger partial charge in [-0.1, -0.05) is 6.58 Å². The number of aliphatic hydroxyl groups excluding tert-OH is 1. The van der Waals surface area contributed by atoms with Gasteiger partial charge in [0.25, 0.3) is 0 Å². The lowest BCUT2D eigenvalue weighted by Crippen LogP contribution is -2.54. The van der Waals surface area contributed by atoms with Gasteiger partial charge >= 0.3 is 0 Å². The van der Waals surface area contributed by atoms with E-state index < -0.39 is 16.1 Å². The highest BCUT2D eigenvalue weighted by molar-refractivity contribution is 7.92. The molecule has 2 aliphatic rings. The Morgan fingerprint density at radius 1 is 1.32 bits per heavy atom. The largest absolute Gasteiger partial charge is 0.391 e. The van der Waals surface area contributed by atoms with Crippen LogP contribution in [0.5, 0.6) is 0 Å². The Balaban J connectivity index is 1.83. The molecule has 7 nitrogen and oxygen atoms in total. The number of aliphatic hydroxyl groups is 1. The quantitative estimate of drug-likeness (QED) is 0.546. The van der Waals surface area contributed by atoms with Crippen LogP contribution in [0.2, 0.25) is 0 Å². The van der Waals surface area contributed by atoms with Crippen LogP contribution in [0.1, 0.15) is 25.7 Å². The second-order valence-electron chi connectivity index (χ2n) is 6.57. The standard InChI is InChI=1S/C15H25Cl2N3O4S/c1-2-25(23,24)19-10-4-3-5-20(9-10)15(22)8-18-13-6-11(16)12(17)7-14(13)21/h2,10-14,18-19,21H,1,3-9H2/t10-,11?,12?,13?,14?/m0/s1. The minimum absolute atomic E-state index is 0.0687. The normalized spacial score (nSPS) is 33.9. The predicted molar refractivity (Wildman–Crippen MR) is 98.2 cm³/mol. The third-order valence-electron chi connectivity index (χ3n) is 4.64. The number of hydrogen-bond donors (Lipinski definition) is 3. The van der Waals surface area contributed by atoms with E-state index in [0.717, 1.165) is 11.8 Å². The van der Waals surface area contributed by atoms with E-state index in [1.54, 1.807) is 4.90 Å².